The number of rotatable bonds is 4. The van der Waals surface area contributed by atoms with Crippen LogP contribution in [-0.2, 0) is 4.74 Å². The molecule has 128 valence electrons. The highest BCUT2D eigenvalue weighted by atomic mass is 32.1. The van der Waals surface area contributed by atoms with Crippen molar-refractivity contribution in [2.45, 2.75) is 6.92 Å². The topological polar surface area (TPSA) is 50.4 Å². The second-order valence-electron chi connectivity index (χ2n) is 5.22. The molecule has 0 fully saturated rings. The number of thiocarbonyl (C=S) groups is 1. The Morgan fingerprint density at radius 2 is 1.92 bits per heavy atom. The maximum Gasteiger partial charge on any atom is 0.341 e. The number of methoxy groups -OCH3 is 1. The Balaban J connectivity index is 1.86. The number of carbonyl (C=O) groups excluding carboxylic acids is 1. The molecule has 0 unspecified atom stereocenters. The number of hydrogen-bond acceptors (Lipinski definition) is 5. The molecule has 0 aliphatic carbocycles. The Bertz CT molecular complexity index is 901. The van der Waals surface area contributed by atoms with E-state index in [0.29, 0.717) is 15.7 Å². The summed E-state index contributed by atoms with van der Waals surface area (Å²) in [5, 5.41) is 11.3. The molecule has 25 heavy (non-hydrogen) atoms. The van der Waals surface area contributed by atoms with Crippen LogP contribution in [0.1, 0.15) is 15.9 Å². The standard InChI is InChI=1S/C18H16N2O2S3/c1-11-6-3-4-7-13(11)19-18(23)20-16-15(17(21)22-2)12(10-25-16)14-8-5-9-24-14/h3-10H,1-2H3,(H2,19,20,23). The summed E-state index contributed by atoms with van der Waals surface area (Å²) >= 11 is 8.41. The van der Waals surface area contributed by atoms with Gasteiger partial charge in [0.2, 0.25) is 0 Å². The highest BCUT2D eigenvalue weighted by Gasteiger charge is 2.22. The molecule has 1 aromatic carbocycles. The van der Waals surface area contributed by atoms with Crippen molar-refractivity contribution in [3.63, 3.8) is 0 Å². The molecular formula is C18H16N2O2S3. The van der Waals surface area contributed by atoms with E-state index in [-0.39, 0.29) is 5.97 Å². The molecule has 4 nitrogen and oxygen atoms in total. The van der Waals surface area contributed by atoms with Crippen LogP contribution in [0.2, 0.25) is 0 Å². The number of ether oxygens (including phenoxy) is 1. The lowest BCUT2D eigenvalue weighted by atomic mass is 10.1. The molecule has 0 aliphatic rings. The van der Waals surface area contributed by atoms with Gasteiger partial charge in [-0.05, 0) is 42.2 Å². The van der Waals surface area contributed by atoms with Gasteiger partial charge >= 0.3 is 5.97 Å². The molecule has 0 radical (unpaired) electrons. The second kappa shape index (κ2) is 7.77. The third kappa shape index (κ3) is 3.89. The zero-order valence-corrected chi connectivity index (χ0v) is 16.1. The summed E-state index contributed by atoms with van der Waals surface area (Å²) in [4.78, 5) is 13.3. The van der Waals surface area contributed by atoms with Gasteiger partial charge in [-0.15, -0.1) is 22.7 Å². The van der Waals surface area contributed by atoms with Crippen molar-refractivity contribution in [3.8, 4) is 10.4 Å². The Morgan fingerprint density at radius 3 is 2.60 bits per heavy atom. The van der Waals surface area contributed by atoms with Crippen LogP contribution in [0.5, 0.6) is 0 Å². The minimum atomic E-state index is -0.383. The van der Waals surface area contributed by atoms with Crippen LogP contribution in [0.25, 0.3) is 10.4 Å². The number of nitrogens with one attached hydrogen (secondary N) is 2. The molecule has 2 aromatic heterocycles. The third-order valence-corrected chi connectivity index (χ3v) is 5.59. The lowest BCUT2D eigenvalue weighted by Crippen LogP contribution is -2.20. The molecule has 0 spiro atoms. The van der Waals surface area contributed by atoms with E-state index in [1.54, 1.807) is 11.3 Å². The number of carbonyl (C=O) groups is 1. The van der Waals surface area contributed by atoms with Gasteiger partial charge < -0.3 is 15.4 Å². The molecule has 0 aliphatic heterocycles. The number of para-hydroxylation sites is 1. The minimum absolute atomic E-state index is 0.383. The number of thiophene rings is 2. The summed E-state index contributed by atoms with van der Waals surface area (Å²) in [5.74, 6) is -0.383. The molecule has 0 atom stereocenters. The molecule has 7 heteroatoms. The monoisotopic (exact) mass is 388 g/mol. The number of benzene rings is 1. The van der Waals surface area contributed by atoms with E-state index in [1.807, 2.05) is 54.1 Å². The predicted molar refractivity (Wildman–Crippen MR) is 110 cm³/mol. The van der Waals surface area contributed by atoms with Crippen molar-refractivity contribution >= 4 is 56.7 Å². The Labute approximate surface area is 159 Å². The van der Waals surface area contributed by atoms with Crippen LogP contribution in [-0.4, -0.2) is 18.2 Å². The molecule has 0 saturated carbocycles. The van der Waals surface area contributed by atoms with Gasteiger partial charge in [-0.25, -0.2) is 4.79 Å². The summed E-state index contributed by atoms with van der Waals surface area (Å²) in [6, 6.07) is 11.8. The first kappa shape index (κ1) is 17.6. The van der Waals surface area contributed by atoms with E-state index < -0.39 is 0 Å². The average Bonchev–Trinajstić information content (AvgIpc) is 3.25. The first-order valence-electron chi connectivity index (χ1n) is 7.47. The fourth-order valence-electron chi connectivity index (χ4n) is 2.34. The predicted octanol–water partition coefficient (Wildman–Crippen LogP) is 5.38. The van der Waals surface area contributed by atoms with Crippen molar-refractivity contribution in [3.05, 3.63) is 58.3 Å². The molecule has 0 amide bonds. The molecule has 3 aromatic rings. The zero-order chi connectivity index (χ0) is 17.8. The molecule has 0 saturated heterocycles. The fraction of sp³-hybridized carbons (Fsp3) is 0.111. The lowest BCUT2D eigenvalue weighted by Gasteiger charge is -2.12. The summed E-state index contributed by atoms with van der Waals surface area (Å²) in [6.07, 6.45) is 0. The van der Waals surface area contributed by atoms with Gasteiger partial charge in [0, 0.05) is 21.5 Å². The number of esters is 1. The van der Waals surface area contributed by atoms with E-state index in [4.69, 9.17) is 17.0 Å². The van der Waals surface area contributed by atoms with Crippen molar-refractivity contribution < 1.29 is 9.53 Å². The molecule has 3 rings (SSSR count). The molecular weight excluding hydrogens is 372 g/mol. The highest BCUT2D eigenvalue weighted by Crippen LogP contribution is 2.38. The van der Waals surface area contributed by atoms with Crippen LogP contribution < -0.4 is 10.6 Å². The highest BCUT2D eigenvalue weighted by molar-refractivity contribution is 7.80. The SMILES string of the molecule is COC(=O)c1c(-c2cccs2)csc1NC(=S)Nc1ccccc1C. The van der Waals surface area contributed by atoms with Gasteiger partial charge in [0.1, 0.15) is 10.6 Å². The van der Waals surface area contributed by atoms with Gasteiger partial charge in [0.15, 0.2) is 5.11 Å². The second-order valence-corrected chi connectivity index (χ2v) is 7.45. The maximum absolute atomic E-state index is 12.3. The largest absolute Gasteiger partial charge is 0.465 e. The van der Waals surface area contributed by atoms with Gasteiger partial charge in [-0.2, -0.15) is 0 Å². The molecule has 2 N–H and O–H groups in total. The third-order valence-electron chi connectivity index (χ3n) is 3.59. The first-order valence-corrected chi connectivity index (χ1v) is 9.64. The van der Waals surface area contributed by atoms with E-state index in [2.05, 4.69) is 10.6 Å². The van der Waals surface area contributed by atoms with E-state index in [0.717, 1.165) is 21.7 Å². The van der Waals surface area contributed by atoms with Gasteiger partial charge in [-0.1, -0.05) is 24.3 Å². The maximum atomic E-state index is 12.3. The fourth-order valence-corrected chi connectivity index (χ4v) is 4.39. The van der Waals surface area contributed by atoms with E-state index in [1.165, 1.54) is 18.4 Å². The van der Waals surface area contributed by atoms with Crippen LogP contribution in [0.4, 0.5) is 10.7 Å². The summed E-state index contributed by atoms with van der Waals surface area (Å²) in [5.41, 5.74) is 3.37. The van der Waals surface area contributed by atoms with E-state index in [9.17, 15) is 4.79 Å². The van der Waals surface area contributed by atoms with Crippen LogP contribution in [0, 0.1) is 6.92 Å². The Morgan fingerprint density at radius 1 is 1.12 bits per heavy atom. The normalized spacial score (nSPS) is 10.3. The van der Waals surface area contributed by atoms with Gasteiger partial charge in [0.25, 0.3) is 0 Å². The Hall–Kier alpha value is -2.22. The Kier molecular flexibility index (Phi) is 5.47. The number of anilines is 2. The van der Waals surface area contributed by atoms with Crippen molar-refractivity contribution in [2.75, 3.05) is 17.7 Å². The first-order chi connectivity index (χ1) is 12.1. The molecule has 0 bridgehead atoms. The smallest absolute Gasteiger partial charge is 0.341 e. The van der Waals surface area contributed by atoms with Crippen molar-refractivity contribution in [1.82, 2.24) is 0 Å². The van der Waals surface area contributed by atoms with E-state index >= 15 is 0 Å². The number of hydrogen-bond donors (Lipinski definition) is 2. The minimum Gasteiger partial charge on any atom is -0.465 e. The van der Waals surface area contributed by atoms with Crippen molar-refractivity contribution in [2.24, 2.45) is 0 Å². The van der Waals surface area contributed by atoms with Crippen LogP contribution in [0.3, 0.4) is 0 Å². The summed E-state index contributed by atoms with van der Waals surface area (Å²) < 4.78 is 4.96. The lowest BCUT2D eigenvalue weighted by molar-refractivity contribution is 0.0603. The molecule has 2 heterocycles. The van der Waals surface area contributed by atoms with Crippen molar-refractivity contribution in [1.29, 1.82) is 0 Å². The number of aryl methyl sites for hydroxylation is 1. The quantitative estimate of drug-likeness (QED) is 0.464. The summed E-state index contributed by atoms with van der Waals surface area (Å²) in [7, 11) is 1.38. The van der Waals surface area contributed by atoms with Gasteiger partial charge in [0.05, 0.1) is 7.11 Å². The van der Waals surface area contributed by atoms with Crippen LogP contribution in [0.15, 0.2) is 47.2 Å². The van der Waals surface area contributed by atoms with Gasteiger partial charge in [-0.3, -0.25) is 0 Å². The summed E-state index contributed by atoms with van der Waals surface area (Å²) in [6.45, 7) is 2.00. The van der Waals surface area contributed by atoms with Crippen LogP contribution >= 0.6 is 34.9 Å². The zero-order valence-electron chi connectivity index (χ0n) is 13.7. The average molecular weight is 389 g/mol.